The summed E-state index contributed by atoms with van der Waals surface area (Å²) in [5.41, 5.74) is 1.67. The highest BCUT2D eigenvalue weighted by molar-refractivity contribution is 5.96. The van der Waals surface area contributed by atoms with E-state index in [4.69, 9.17) is 9.47 Å². The summed E-state index contributed by atoms with van der Waals surface area (Å²) in [6.07, 6.45) is 6.24. The van der Waals surface area contributed by atoms with E-state index in [2.05, 4.69) is 6.92 Å². The van der Waals surface area contributed by atoms with Crippen molar-refractivity contribution in [1.82, 2.24) is 4.90 Å². The molecule has 2 aliphatic rings. The summed E-state index contributed by atoms with van der Waals surface area (Å²) in [5, 5.41) is 0. The van der Waals surface area contributed by atoms with Crippen molar-refractivity contribution in [3.8, 4) is 5.75 Å². The first-order chi connectivity index (χ1) is 11.6. The van der Waals surface area contributed by atoms with Crippen molar-refractivity contribution in [3.63, 3.8) is 0 Å². The largest absolute Gasteiger partial charge is 0.496 e. The highest BCUT2D eigenvalue weighted by Crippen LogP contribution is 2.37. The maximum atomic E-state index is 13.1. The number of carbonyl (C=O) groups excluding carboxylic acids is 1. The number of benzene rings is 1. The Labute approximate surface area is 145 Å². The maximum Gasteiger partial charge on any atom is 0.254 e. The number of carbonyl (C=O) groups is 1. The lowest BCUT2D eigenvalue weighted by molar-refractivity contribution is -0.0874. The van der Waals surface area contributed by atoms with Gasteiger partial charge in [-0.15, -0.1) is 0 Å². The second-order valence-electron chi connectivity index (χ2n) is 7.12. The Morgan fingerprint density at radius 3 is 2.79 bits per heavy atom. The van der Waals surface area contributed by atoms with Gasteiger partial charge in [-0.1, -0.05) is 25.8 Å². The standard InChI is InChI=1S/C20H29NO3/c1-4-5-7-16-12-21(13-19(24-16)15-10-11-15)20(22)17-8-6-9-18(23-3)14(17)2/h6,8-9,15-16,19H,4-5,7,10-13H2,1-3H3/t16-,19-/m1/s1. The van der Waals surface area contributed by atoms with Gasteiger partial charge in [0.25, 0.3) is 5.91 Å². The molecule has 0 N–H and O–H groups in total. The lowest BCUT2D eigenvalue weighted by Crippen LogP contribution is -2.50. The number of amides is 1. The molecule has 4 heteroatoms. The van der Waals surface area contributed by atoms with Crippen LogP contribution in [0.25, 0.3) is 0 Å². The molecule has 0 unspecified atom stereocenters. The van der Waals surface area contributed by atoms with Gasteiger partial charge in [-0.05, 0) is 44.2 Å². The Morgan fingerprint density at radius 2 is 2.12 bits per heavy atom. The predicted molar refractivity (Wildman–Crippen MR) is 94.5 cm³/mol. The van der Waals surface area contributed by atoms with E-state index in [1.165, 1.54) is 12.8 Å². The maximum absolute atomic E-state index is 13.1. The van der Waals surface area contributed by atoms with Crippen LogP contribution in [0.1, 0.15) is 54.9 Å². The molecule has 1 aromatic carbocycles. The number of methoxy groups -OCH3 is 1. The molecule has 1 aromatic rings. The number of rotatable bonds is 6. The molecule has 0 bridgehead atoms. The lowest BCUT2D eigenvalue weighted by atomic mass is 10.0. The van der Waals surface area contributed by atoms with Gasteiger partial charge in [-0.3, -0.25) is 4.79 Å². The van der Waals surface area contributed by atoms with Gasteiger partial charge in [-0.2, -0.15) is 0 Å². The fraction of sp³-hybridized carbons (Fsp3) is 0.650. The third kappa shape index (κ3) is 3.75. The Kier molecular flexibility index (Phi) is 5.44. The Morgan fingerprint density at radius 1 is 1.33 bits per heavy atom. The minimum Gasteiger partial charge on any atom is -0.496 e. The monoisotopic (exact) mass is 331 g/mol. The molecule has 0 spiro atoms. The minimum absolute atomic E-state index is 0.113. The van der Waals surface area contributed by atoms with E-state index in [9.17, 15) is 4.79 Å². The van der Waals surface area contributed by atoms with Gasteiger partial charge in [0.2, 0.25) is 0 Å². The number of hydrogen-bond acceptors (Lipinski definition) is 3. The summed E-state index contributed by atoms with van der Waals surface area (Å²) in [4.78, 5) is 15.1. The van der Waals surface area contributed by atoms with E-state index in [1.54, 1.807) is 7.11 Å². The van der Waals surface area contributed by atoms with Crippen LogP contribution in [0.4, 0.5) is 0 Å². The Hall–Kier alpha value is -1.55. The predicted octanol–water partition coefficient (Wildman–Crippen LogP) is 3.81. The third-order valence-electron chi connectivity index (χ3n) is 5.24. The molecule has 1 heterocycles. The van der Waals surface area contributed by atoms with Gasteiger partial charge in [0, 0.05) is 24.2 Å². The van der Waals surface area contributed by atoms with Crippen LogP contribution in [-0.2, 0) is 4.74 Å². The van der Waals surface area contributed by atoms with Gasteiger partial charge in [0.15, 0.2) is 0 Å². The first-order valence-corrected chi connectivity index (χ1v) is 9.22. The van der Waals surface area contributed by atoms with Crippen LogP contribution in [0.5, 0.6) is 5.75 Å². The van der Waals surface area contributed by atoms with Crippen LogP contribution in [0, 0.1) is 12.8 Å². The summed E-state index contributed by atoms with van der Waals surface area (Å²) in [5.74, 6) is 1.54. The molecule has 132 valence electrons. The SMILES string of the molecule is CCCC[C@@H]1CN(C(=O)c2cccc(OC)c2C)C[C@H](C2CC2)O1. The summed E-state index contributed by atoms with van der Waals surface area (Å²) >= 11 is 0. The molecule has 0 radical (unpaired) electrons. The molecule has 1 aliphatic carbocycles. The topological polar surface area (TPSA) is 38.8 Å². The fourth-order valence-corrected chi connectivity index (χ4v) is 3.59. The molecule has 24 heavy (non-hydrogen) atoms. The fourth-order valence-electron chi connectivity index (χ4n) is 3.59. The lowest BCUT2D eigenvalue weighted by Gasteiger charge is -2.38. The molecule has 4 nitrogen and oxygen atoms in total. The molecule has 1 amide bonds. The minimum atomic E-state index is 0.113. The normalized spacial score (nSPS) is 24.0. The molecule has 0 aromatic heterocycles. The van der Waals surface area contributed by atoms with Crippen LogP contribution in [-0.4, -0.2) is 43.2 Å². The summed E-state index contributed by atoms with van der Waals surface area (Å²) in [6.45, 7) is 5.59. The van der Waals surface area contributed by atoms with Crippen molar-refractivity contribution in [3.05, 3.63) is 29.3 Å². The average molecular weight is 331 g/mol. The van der Waals surface area contributed by atoms with Crippen molar-refractivity contribution in [2.45, 2.75) is 58.2 Å². The number of unbranched alkanes of at least 4 members (excludes halogenated alkanes) is 1. The molecular formula is C20H29NO3. The molecule has 1 aliphatic heterocycles. The van der Waals surface area contributed by atoms with Crippen molar-refractivity contribution in [2.24, 2.45) is 5.92 Å². The van der Waals surface area contributed by atoms with E-state index in [0.717, 1.165) is 42.7 Å². The second kappa shape index (κ2) is 7.56. The molecule has 2 fully saturated rings. The molecule has 2 atom stereocenters. The van der Waals surface area contributed by atoms with Crippen LogP contribution < -0.4 is 4.74 Å². The van der Waals surface area contributed by atoms with Crippen molar-refractivity contribution in [2.75, 3.05) is 20.2 Å². The van der Waals surface area contributed by atoms with Gasteiger partial charge in [0.05, 0.1) is 19.3 Å². The first kappa shape index (κ1) is 17.3. The zero-order valence-electron chi connectivity index (χ0n) is 15.1. The number of nitrogens with zero attached hydrogens (tertiary/aromatic N) is 1. The summed E-state index contributed by atoms with van der Waals surface area (Å²) in [6, 6.07) is 5.71. The van der Waals surface area contributed by atoms with Crippen LogP contribution in [0.15, 0.2) is 18.2 Å². The first-order valence-electron chi connectivity index (χ1n) is 9.22. The zero-order valence-corrected chi connectivity index (χ0v) is 15.1. The van der Waals surface area contributed by atoms with Crippen molar-refractivity contribution < 1.29 is 14.3 Å². The summed E-state index contributed by atoms with van der Waals surface area (Å²) in [7, 11) is 1.65. The average Bonchev–Trinajstić information content (AvgIpc) is 3.44. The number of morpholine rings is 1. The zero-order chi connectivity index (χ0) is 17.1. The van der Waals surface area contributed by atoms with E-state index in [1.807, 2.05) is 30.0 Å². The highest BCUT2D eigenvalue weighted by atomic mass is 16.5. The van der Waals surface area contributed by atoms with E-state index in [-0.39, 0.29) is 18.1 Å². The molecule has 1 saturated heterocycles. The second-order valence-corrected chi connectivity index (χ2v) is 7.12. The van der Waals surface area contributed by atoms with Gasteiger partial charge < -0.3 is 14.4 Å². The van der Waals surface area contributed by atoms with Crippen molar-refractivity contribution in [1.29, 1.82) is 0 Å². The smallest absolute Gasteiger partial charge is 0.254 e. The molecular weight excluding hydrogens is 302 g/mol. The number of ether oxygens (including phenoxy) is 2. The van der Waals surface area contributed by atoms with Crippen LogP contribution in [0.2, 0.25) is 0 Å². The van der Waals surface area contributed by atoms with E-state index >= 15 is 0 Å². The van der Waals surface area contributed by atoms with Crippen LogP contribution in [0.3, 0.4) is 0 Å². The Bertz CT molecular complexity index is 582. The van der Waals surface area contributed by atoms with Gasteiger partial charge >= 0.3 is 0 Å². The highest BCUT2D eigenvalue weighted by Gasteiger charge is 2.39. The third-order valence-corrected chi connectivity index (χ3v) is 5.24. The summed E-state index contributed by atoms with van der Waals surface area (Å²) < 4.78 is 11.7. The molecule has 1 saturated carbocycles. The van der Waals surface area contributed by atoms with E-state index in [0.29, 0.717) is 12.5 Å². The molecule has 3 rings (SSSR count). The van der Waals surface area contributed by atoms with Crippen molar-refractivity contribution >= 4 is 5.91 Å². The van der Waals surface area contributed by atoms with Crippen LogP contribution >= 0.6 is 0 Å². The Balaban J connectivity index is 1.77. The van der Waals surface area contributed by atoms with E-state index < -0.39 is 0 Å². The van der Waals surface area contributed by atoms with Gasteiger partial charge in [-0.25, -0.2) is 0 Å². The van der Waals surface area contributed by atoms with Gasteiger partial charge in [0.1, 0.15) is 5.75 Å². The number of hydrogen-bond donors (Lipinski definition) is 0. The quantitative estimate of drug-likeness (QED) is 0.795.